The van der Waals surface area contributed by atoms with Crippen LogP contribution in [0, 0.1) is 0 Å². The molecule has 2 aromatic heterocycles. The minimum Gasteiger partial charge on any atom is -0.246 e. The highest BCUT2D eigenvalue weighted by Gasteiger charge is 2.22. The van der Waals surface area contributed by atoms with E-state index in [9.17, 15) is 8.42 Å². The lowest BCUT2D eigenvalue weighted by atomic mass is 10.0. The minimum absolute atomic E-state index is 0.269. The topological polar surface area (TPSA) is 47.0 Å². The highest BCUT2D eigenvalue weighted by Crippen LogP contribution is 2.39. The van der Waals surface area contributed by atoms with E-state index in [4.69, 9.17) is 11.6 Å². The molecule has 0 radical (unpaired) electrons. The summed E-state index contributed by atoms with van der Waals surface area (Å²) >= 11 is 5.98. The van der Waals surface area contributed by atoms with E-state index in [1.807, 2.05) is 0 Å². The maximum atomic E-state index is 11.5. The van der Waals surface area contributed by atoms with Crippen molar-refractivity contribution in [2.45, 2.75) is 4.90 Å². The van der Waals surface area contributed by atoms with E-state index in [-0.39, 0.29) is 4.90 Å². The van der Waals surface area contributed by atoms with E-state index in [1.54, 1.807) is 18.2 Å². The smallest absolute Gasteiger partial charge is 0.177 e. The molecule has 0 N–H and O–H groups in total. The van der Waals surface area contributed by atoms with Crippen molar-refractivity contribution in [1.82, 2.24) is 4.98 Å². The first kappa shape index (κ1) is 9.12. The zero-order chi connectivity index (χ0) is 10.8. The van der Waals surface area contributed by atoms with Gasteiger partial charge in [-0.2, -0.15) is 0 Å². The van der Waals surface area contributed by atoms with Crippen molar-refractivity contribution in [3.63, 3.8) is 0 Å². The van der Waals surface area contributed by atoms with Crippen molar-refractivity contribution in [2.24, 2.45) is 0 Å². The Labute approximate surface area is 91.3 Å². The van der Waals surface area contributed by atoms with E-state index < -0.39 is 9.84 Å². The molecule has 0 atom stereocenters. The number of fused-ring (bicyclic) bond motifs is 1. The molecular formula is C10H6ClNO2S. The van der Waals surface area contributed by atoms with Gasteiger partial charge in [0.15, 0.2) is 9.84 Å². The highest BCUT2D eigenvalue weighted by molar-refractivity contribution is 7.91. The summed E-state index contributed by atoms with van der Waals surface area (Å²) in [6.07, 6.45) is 1.18. The van der Waals surface area contributed by atoms with Gasteiger partial charge in [0.05, 0.1) is 21.0 Å². The number of sulfone groups is 1. The van der Waals surface area contributed by atoms with Crippen LogP contribution in [-0.4, -0.2) is 19.7 Å². The number of hydrogen-bond acceptors (Lipinski definition) is 3. The standard InChI is InChI=1S/C10H6ClNO2S/c1-15(13,14)7-4-5-2-3-6(11)8-9(5)12-10(7)8/h2-4H,1H3. The summed E-state index contributed by atoms with van der Waals surface area (Å²) in [4.78, 5) is 4.43. The summed E-state index contributed by atoms with van der Waals surface area (Å²) in [6.45, 7) is 0. The Morgan fingerprint density at radius 3 is 2.67 bits per heavy atom. The van der Waals surface area contributed by atoms with Gasteiger partial charge in [-0.05, 0) is 12.1 Å². The predicted molar refractivity (Wildman–Crippen MR) is 59.7 cm³/mol. The van der Waals surface area contributed by atoms with Gasteiger partial charge in [-0.25, -0.2) is 13.4 Å². The third-order valence-electron chi connectivity index (χ3n) is 2.54. The lowest BCUT2D eigenvalue weighted by molar-refractivity contribution is 0.602. The Morgan fingerprint density at radius 1 is 1.27 bits per heavy atom. The Balaban J connectivity index is 2.57. The third kappa shape index (κ3) is 1.06. The van der Waals surface area contributed by atoms with E-state index in [0.717, 1.165) is 16.3 Å². The molecule has 0 aliphatic heterocycles. The molecule has 0 saturated heterocycles. The number of aromatic nitrogens is 1. The van der Waals surface area contributed by atoms with Gasteiger partial charge >= 0.3 is 0 Å². The van der Waals surface area contributed by atoms with Gasteiger partial charge in [0.2, 0.25) is 0 Å². The van der Waals surface area contributed by atoms with E-state index in [1.165, 1.54) is 6.26 Å². The molecule has 0 aliphatic carbocycles. The Morgan fingerprint density at radius 2 is 2.00 bits per heavy atom. The number of halogens is 1. The van der Waals surface area contributed by atoms with Crippen LogP contribution >= 0.6 is 11.6 Å². The van der Waals surface area contributed by atoms with E-state index in [0.29, 0.717) is 10.5 Å². The molecule has 4 rings (SSSR count). The quantitative estimate of drug-likeness (QED) is 0.655. The molecule has 0 amide bonds. The first-order chi connectivity index (χ1) is 6.98. The second kappa shape index (κ2) is 2.51. The van der Waals surface area contributed by atoms with Crippen molar-refractivity contribution in [2.75, 3.05) is 6.26 Å². The lowest BCUT2D eigenvalue weighted by Gasteiger charge is -2.14. The van der Waals surface area contributed by atoms with Crippen LogP contribution in [0.5, 0.6) is 0 Å². The minimum atomic E-state index is -3.23. The zero-order valence-corrected chi connectivity index (χ0v) is 9.35. The zero-order valence-electron chi connectivity index (χ0n) is 7.78. The maximum Gasteiger partial charge on any atom is 0.177 e. The molecule has 0 unspecified atom stereocenters. The second-order valence-corrected chi connectivity index (χ2v) is 5.99. The Hall–Kier alpha value is -1.13. The summed E-state index contributed by atoms with van der Waals surface area (Å²) in [5.41, 5.74) is 1.32. The molecule has 3 nitrogen and oxygen atoms in total. The summed E-state index contributed by atoms with van der Waals surface area (Å²) in [6, 6.07) is 5.20. The molecule has 0 aliphatic rings. The fraction of sp³-hybridized carbons (Fsp3) is 0.100. The SMILES string of the molecule is CS(=O)(=O)c1cc2ccc(Cl)c3c1N=c23. The molecule has 4 aromatic rings. The van der Waals surface area contributed by atoms with Crippen LogP contribution < -0.4 is 0 Å². The molecule has 2 aromatic carbocycles. The number of benzene rings is 2. The molecule has 0 saturated carbocycles. The lowest BCUT2D eigenvalue weighted by Crippen LogP contribution is -2.04. The normalized spacial score (nSPS) is 13.2. The van der Waals surface area contributed by atoms with Crippen LogP contribution in [-0.2, 0) is 9.84 Å². The fourth-order valence-electron chi connectivity index (χ4n) is 1.83. The number of nitrogens with zero attached hydrogens (tertiary/aromatic N) is 1. The molecule has 0 fully saturated rings. The van der Waals surface area contributed by atoms with Crippen LogP contribution in [0.25, 0.3) is 21.8 Å². The average Bonchev–Trinajstić information content (AvgIpc) is 2.10. The van der Waals surface area contributed by atoms with Crippen molar-refractivity contribution < 1.29 is 8.42 Å². The summed E-state index contributed by atoms with van der Waals surface area (Å²) < 4.78 is 23.0. The van der Waals surface area contributed by atoms with Crippen LogP contribution in [0.15, 0.2) is 23.1 Å². The molecule has 15 heavy (non-hydrogen) atoms. The van der Waals surface area contributed by atoms with E-state index in [2.05, 4.69) is 4.98 Å². The summed E-state index contributed by atoms with van der Waals surface area (Å²) in [7, 11) is -3.23. The molecule has 5 heteroatoms. The molecule has 4 bridgehead atoms. The van der Waals surface area contributed by atoms with Gasteiger partial charge in [0.25, 0.3) is 0 Å². The molecule has 2 heterocycles. The predicted octanol–water partition coefficient (Wildman–Crippen LogP) is 2.32. The molecule has 76 valence electrons. The first-order valence-electron chi connectivity index (χ1n) is 4.32. The van der Waals surface area contributed by atoms with Crippen LogP contribution in [0.1, 0.15) is 0 Å². The van der Waals surface area contributed by atoms with Gasteiger partial charge < -0.3 is 0 Å². The third-order valence-corrected chi connectivity index (χ3v) is 3.96. The number of rotatable bonds is 1. The average molecular weight is 240 g/mol. The Kier molecular flexibility index (Phi) is 1.53. The number of hydrogen-bond donors (Lipinski definition) is 0. The fourth-order valence-corrected chi connectivity index (χ4v) is 2.91. The van der Waals surface area contributed by atoms with Gasteiger partial charge in [0, 0.05) is 17.0 Å². The van der Waals surface area contributed by atoms with Crippen LogP contribution in [0.4, 0.5) is 0 Å². The van der Waals surface area contributed by atoms with Crippen molar-refractivity contribution in [3.8, 4) is 0 Å². The molecular weight excluding hydrogens is 234 g/mol. The molecule has 0 spiro atoms. The van der Waals surface area contributed by atoms with Crippen molar-refractivity contribution in [1.29, 1.82) is 0 Å². The van der Waals surface area contributed by atoms with Crippen LogP contribution in [0.3, 0.4) is 0 Å². The highest BCUT2D eigenvalue weighted by atomic mass is 35.5. The first-order valence-corrected chi connectivity index (χ1v) is 6.59. The van der Waals surface area contributed by atoms with Crippen molar-refractivity contribution in [3.05, 3.63) is 23.2 Å². The van der Waals surface area contributed by atoms with Crippen LogP contribution in [0.2, 0.25) is 5.02 Å². The van der Waals surface area contributed by atoms with Gasteiger partial charge in [-0.3, -0.25) is 0 Å². The maximum absolute atomic E-state index is 11.5. The van der Waals surface area contributed by atoms with Gasteiger partial charge in [0.1, 0.15) is 0 Å². The van der Waals surface area contributed by atoms with Crippen molar-refractivity contribution >= 4 is 43.2 Å². The summed E-state index contributed by atoms with van der Waals surface area (Å²) in [5.74, 6) is 0. The monoisotopic (exact) mass is 239 g/mol. The summed E-state index contributed by atoms with van der Waals surface area (Å²) in [5, 5.41) is 2.16. The second-order valence-electron chi connectivity index (χ2n) is 3.60. The number of pyridine rings is 1. The van der Waals surface area contributed by atoms with E-state index >= 15 is 0 Å². The largest absolute Gasteiger partial charge is 0.246 e. The Bertz CT molecular complexity index is 751. The van der Waals surface area contributed by atoms with Gasteiger partial charge in [-0.15, -0.1) is 0 Å². The van der Waals surface area contributed by atoms with Gasteiger partial charge in [-0.1, -0.05) is 17.7 Å².